The minimum atomic E-state index is 0.812. The lowest BCUT2D eigenvalue weighted by molar-refractivity contribution is 0.302. The molecular formula is C28H43NO. The maximum atomic E-state index is 5.95. The lowest BCUT2D eigenvalue weighted by Gasteiger charge is -2.11. The smallest absolute Gasteiger partial charge is 0.119 e. The van der Waals surface area contributed by atoms with E-state index in [1.165, 1.54) is 75.3 Å². The second-order valence-electron chi connectivity index (χ2n) is 8.76. The largest absolute Gasteiger partial charge is 0.494 e. The van der Waals surface area contributed by atoms with Crippen molar-refractivity contribution in [1.82, 2.24) is 4.98 Å². The van der Waals surface area contributed by atoms with E-state index in [1.807, 2.05) is 6.20 Å². The zero-order valence-corrected chi connectivity index (χ0v) is 19.7. The average molecular weight is 410 g/mol. The lowest BCUT2D eigenvalue weighted by atomic mass is 10.00. The normalized spacial score (nSPS) is 12.1. The Morgan fingerprint density at radius 2 is 1.57 bits per heavy atom. The summed E-state index contributed by atoms with van der Waals surface area (Å²) in [5.41, 5.74) is 3.68. The van der Waals surface area contributed by atoms with Gasteiger partial charge in [-0.05, 0) is 61.1 Å². The zero-order valence-electron chi connectivity index (χ0n) is 19.7. The number of unbranched alkanes of at least 4 members (excludes halogenated alkanes) is 7. The van der Waals surface area contributed by atoms with Gasteiger partial charge in [-0.3, -0.25) is 4.98 Å². The van der Waals surface area contributed by atoms with Gasteiger partial charge in [0.25, 0.3) is 0 Å². The van der Waals surface area contributed by atoms with E-state index in [0.717, 1.165) is 36.8 Å². The molecule has 0 saturated heterocycles. The van der Waals surface area contributed by atoms with Crippen LogP contribution in [0.4, 0.5) is 0 Å². The van der Waals surface area contributed by atoms with Gasteiger partial charge in [-0.15, -0.1) is 0 Å². The number of benzene rings is 1. The molecule has 1 aromatic carbocycles. The SMILES string of the molecule is CCCCCCCCc1cccnc1-c1ccc(OCCCCCC(C)CC)cc1. The van der Waals surface area contributed by atoms with Crippen molar-refractivity contribution in [3.8, 4) is 17.0 Å². The zero-order chi connectivity index (χ0) is 21.4. The van der Waals surface area contributed by atoms with Crippen LogP contribution in [-0.4, -0.2) is 11.6 Å². The van der Waals surface area contributed by atoms with Crippen LogP contribution in [0.2, 0.25) is 0 Å². The molecule has 2 aromatic rings. The van der Waals surface area contributed by atoms with Gasteiger partial charge in [0.15, 0.2) is 0 Å². The van der Waals surface area contributed by atoms with Crippen molar-refractivity contribution in [3.05, 3.63) is 48.2 Å². The van der Waals surface area contributed by atoms with E-state index >= 15 is 0 Å². The van der Waals surface area contributed by atoms with Crippen LogP contribution in [0.1, 0.15) is 97.0 Å². The molecule has 0 N–H and O–H groups in total. The van der Waals surface area contributed by atoms with Crippen LogP contribution >= 0.6 is 0 Å². The fourth-order valence-corrected chi connectivity index (χ4v) is 3.87. The van der Waals surface area contributed by atoms with E-state index in [9.17, 15) is 0 Å². The standard InChI is InChI=1S/C28H43NO/c1-4-6-7-8-9-12-16-25-17-14-22-29-28(25)26-18-20-27(21-19-26)30-23-13-10-11-15-24(3)5-2/h14,17-22,24H,4-13,15-16,23H2,1-3H3. The van der Waals surface area contributed by atoms with Gasteiger partial charge in [0.05, 0.1) is 12.3 Å². The molecule has 2 rings (SSSR count). The maximum absolute atomic E-state index is 5.95. The number of hydrogen-bond acceptors (Lipinski definition) is 2. The minimum absolute atomic E-state index is 0.812. The molecule has 30 heavy (non-hydrogen) atoms. The molecular weight excluding hydrogens is 366 g/mol. The highest BCUT2D eigenvalue weighted by Crippen LogP contribution is 2.25. The first-order valence-electron chi connectivity index (χ1n) is 12.4. The number of pyridine rings is 1. The van der Waals surface area contributed by atoms with Gasteiger partial charge in [-0.25, -0.2) is 0 Å². The summed E-state index contributed by atoms with van der Waals surface area (Å²) in [6.07, 6.45) is 17.3. The second kappa shape index (κ2) is 15.0. The summed E-state index contributed by atoms with van der Waals surface area (Å²) >= 11 is 0. The van der Waals surface area contributed by atoms with Crippen molar-refractivity contribution in [2.75, 3.05) is 6.61 Å². The molecule has 0 aliphatic heterocycles. The fraction of sp³-hybridized carbons (Fsp3) is 0.607. The molecule has 0 saturated carbocycles. The molecule has 0 amide bonds. The second-order valence-corrected chi connectivity index (χ2v) is 8.76. The maximum Gasteiger partial charge on any atom is 0.119 e. The molecule has 0 radical (unpaired) electrons. The van der Waals surface area contributed by atoms with Gasteiger partial charge in [0.2, 0.25) is 0 Å². The Kier molecular flexibility index (Phi) is 12.3. The minimum Gasteiger partial charge on any atom is -0.494 e. The molecule has 0 aliphatic rings. The molecule has 1 unspecified atom stereocenters. The van der Waals surface area contributed by atoms with Crippen LogP contribution in [-0.2, 0) is 6.42 Å². The fourth-order valence-electron chi connectivity index (χ4n) is 3.87. The molecule has 1 heterocycles. The van der Waals surface area contributed by atoms with Gasteiger partial charge in [0, 0.05) is 11.8 Å². The van der Waals surface area contributed by atoms with E-state index in [2.05, 4.69) is 62.2 Å². The first-order chi connectivity index (χ1) is 14.7. The van der Waals surface area contributed by atoms with Crippen LogP contribution in [0.25, 0.3) is 11.3 Å². The Bertz CT molecular complexity index is 679. The molecule has 1 aromatic heterocycles. The first kappa shape index (κ1) is 24.4. The Labute approximate surface area is 185 Å². The van der Waals surface area contributed by atoms with Gasteiger partial charge >= 0.3 is 0 Å². The highest BCUT2D eigenvalue weighted by Gasteiger charge is 2.07. The Morgan fingerprint density at radius 3 is 2.33 bits per heavy atom. The van der Waals surface area contributed by atoms with E-state index in [4.69, 9.17) is 4.74 Å². The Morgan fingerprint density at radius 1 is 0.833 bits per heavy atom. The van der Waals surface area contributed by atoms with Crippen molar-refractivity contribution < 1.29 is 4.74 Å². The van der Waals surface area contributed by atoms with Crippen LogP contribution < -0.4 is 4.74 Å². The van der Waals surface area contributed by atoms with E-state index < -0.39 is 0 Å². The molecule has 0 fully saturated rings. The summed E-state index contributed by atoms with van der Waals surface area (Å²) in [4.78, 5) is 4.68. The third kappa shape index (κ3) is 9.32. The lowest BCUT2D eigenvalue weighted by Crippen LogP contribution is -1.99. The number of aromatic nitrogens is 1. The summed E-state index contributed by atoms with van der Waals surface area (Å²) in [5.74, 6) is 1.82. The van der Waals surface area contributed by atoms with Gasteiger partial charge < -0.3 is 4.74 Å². The van der Waals surface area contributed by atoms with Gasteiger partial charge in [-0.1, -0.05) is 84.6 Å². The topological polar surface area (TPSA) is 22.1 Å². The monoisotopic (exact) mass is 409 g/mol. The molecule has 2 heteroatoms. The molecule has 1 atom stereocenters. The van der Waals surface area contributed by atoms with E-state index in [-0.39, 0.29) is 0 Å². The van der Waals surface area contributed by atoms with Gasteiger partial charge in [0.1, 0.15) is 5.75 Å². The predicted octanol–water partition coefficient (Wildman–Crippen LogP) is 8.64. The van der Waals surface area contributed by atoms with Crippen molar-refractivity contribution in [2.45, 2.75) is 97.8 Å². The molecule has 0 spiro atoms. The average Bonchev–Trinajstić information content (AvgIpc) is 2.79. The van der Waals surface area contributed by atoms with Crippen molar-refractivity contribution in [1.29, 1.82) is 0 Å². The van der Waals surface area contributed by atoms with Crippen LogP contribution in [0, 0.1) is 5.92 Å². The first-order valence-corrected chi connectivity index (χ1v) is 12.4. The molecule has 166 valence electrons. The van der Waals surface area contributed by atoms with Crippen LogP contribution in [0.15, 0.2) is 42.6 Å². The van der Waals surface area contributed by atoms with E-state index in [0.29, 0.717) is 0 Å². The summed E-state index contributed by atoms with van der Waals surface area (Å²) in [7, 11) is 0. The Balaban J connectivity index is 1.77. The van der Waals surface area contributed by atoms with Crippen molar-refractivity contribution >= 4 is 0 Å². The van der Waals surface area contributed by atoms with Crippen LogP contribution in [0.5, 0.6) is 5.75 Å². The van der Waals surface area contributed by atoms with Gasteiger partial charge in [-0.2, -0.15) is 0 Å². The summed E-state index contributed by atoms with van der Waals surface area (Å²) in [6, 6.07) is 12.8. The molecule has 0 bridgehead atoms. The number of hydrogen-bond donors (Lipinski definition) is 0. The quantitative estimate of drug-likeness (QED) is 0.259. The third-order valence-corrected chi connectivity index (χ3v) is 6.13. The van der Waals surface area contributed by atoms with Crippen molar-refractivity contribution in [2.24, 2.45) is 5.92 Å². The summed E-state index contributed by atoms with van der Waals surface area (Å²) in [5, 5.41) is 0. The number of ether oxygens (including phenoxy) is 1. The summed E-state index contributed by atoms with van der Waals surface area (Å²) < 4.78 is 5.95. The number of nitrogens with zero attached hydrogens (tertiary/aromatic N) is 1. The highest BCUT2D eigenvalue weighted by atomic mass is 16.5. The molecule has 2 nitrogen and oxygen atoms in total. The number of rotatable bonds is 16. The van der Waals surface area contributed by atoms with Crippen molar-refractivity contribution in [3.63, 3.8) is 0 Å². The summed E-state index contributed by atoms with van der Waals surface area (Å²) in [6.45, 7) is 7.71. The third-order valence-electron chi connectivity index (χ3n) is 6.13. The number of aryl methyl sites for hydroxylation is 1. The molecule has 0 aliphatic carbocycles. The Hall–Kier alpha value is -1.83. The highest BCUT2D eigenvalue weighted by molar-refractivity contribution is 5.63. The van der Waals surface area contributed by atoms with Crippen LogP contribution in [0.3, 0.4) is 0 Å². The van der Waals surface area contributed by atoms with E-state index in [1.54, 1.807) is 0 Å². The predicted molar refractivity (Wildman–Crippen MR) is 130 cm³/mol.